The molecular formula is C16H26N2O3. The first-order chi connectivity index (χ1) is 9.91. The highest BCUT2D eigenvalue weighted by molar-refractivity contribution is 6.05. The Morgan fingerprint density at radius 3 is 2.14 bits per heavy atom. The number of nitrogens with one attached hydrogen (secondary N) is 1. The molecule has 1 saturated carbocycles. The average Bonchev–Trinajstić information content (AvgIpc) is 2.69. The molecule has 2 aliphatic rings. The third-order valence-corrected chi connectivity index (χ3v) is 4.88. The van der Waals surface area contributed by atoms with Crippen molar-refractivity contribution in [2.45, 2.75) is 58.9 Å². The number of hydrogen-bond donors (Lipinski definition) is 1. The second-order valence-corrected chi connectivity index (χ2v) is 6.68. The molecule has 0 bridgehead atoms. The number of imide groups is 1. The molecule has 0 aromatic carbocycles. The summed E-state index contributed by atoms with van der Waals surface area (Å²) in [5.41, 5.74) is 0. The normalized spacial score (nSPS) is 27.0. The standard InChI is InChI=1S/C16H26N2O3/c1-10(2)11(3)17-14(19)8-9-18-15(20)12-6-4-5-7-13(12)16(18)21/h10-13H,4-9H2,1-3H3,(H,17,19)/t11-,12-,13-/m0/s1. The Bertz CT molecular complexity index is 409. The molecule has 3 amide bonds. The number of fused-ring (bicyclic) bond motifs is 1. The summed E-state index contributed by atoms with van der Waals surface area (Å²) in [6.07, 6.45) is 3.90. The molecule has 0 aromatic rings. The SMILES string of the molecule is CC(C)[C@H](C)NC(=O)CCN1C(=O)[C@H]2CCCC[C@@H]2C1=O. The van der Waals surface area contributed by atoms with Crippen molar-refractivity contribution in [2.24, 2.45) is 17.8 Å². The van der Waals surface area contributed by atoms with Gasteiger partial charge in [0.25, 0.3) is 0 Å². The molecule has 0 radical (unpaired) electrons. The lowest BCUT2D eigenvalue weighted by molar-refractivity contribution is -0.140. The number of likely N-dealkylation sites (tertiary alicyclic amines) is 1. The molecule has 0 unspecified atom stereocenters. The maximum Gasteiger partial charge on any atom is 0.233 e. The Balaban J connectivity index is 1.87. The third kappa shape index (κ3) is 3.44. The quantitative estimate of drug-likeness (QED) is 0.785. The molecule has 3 atom stereocenters. The lowest BCUT2D eigenvalue weighted by Crippen LogP contribution is -2.39. The Morgan fingerprint density at radius 1 is 1.14 bits per heavy atom. The molecule has 2 fully saturated rings. The Morgan fingerprint density at radius 2 is 1.67 bits per heavy atom. The average molecular weight is 294 g/mol. The van der Waals surface area contributed by atoms with Crippen molar-refractivity contribution in [1.82, 2.24) is 10.2 Å². The topological polar surface area (TPSA) is 66.5 Å². The van der Waals surface area contributed by atoms with Gasteiger partial charge in [-0.1, -0.05) is 26.7 Å². The molecule has 1 saturated heterocycles. The molecule has 1 heterocycles. The summed E-state index contributed by atoms with van der Waals surface area (Å²) in [5.74, 6) is -0.0878. The predicted octanol–water partition coefficient (Wildman–Crippen LogP) is 1.71. The number of carbonyl (C=O) groups excluding carboxylic acids is 3. The molecule has 1 aliphatic carbocycles. The molecule has 0 spiro atoms. The van der Waals surface area contributed by atoms with E-state index >= 15 is 0 Å². The maximum atomic E-state index is 12.3. The number of rotatable bonds is 5. The first-order valence-corrected chi connectivity index (χ1v) is 8.06. The van der Waals surface area contributed by atoms with Crippen molar-refractivity contribution in [1.29, 1.82) is 0 Å². The minimum atomic E-state index is -0.121. The van der Waals surface area contributed by atoms with E-state index in [2.05, 4.69) is 5.32 Å². The summed E-state index contributed by atoms with van der Waals surface area (Å²) < 4.78 is 0. The van der Waals surface area contributed by atoms with E-state index in [-0.39, 0.29) is 48.6 Å². The number of nitrogens with zero attached hydrogens (tertiary/aromatic N) is 1. The lowest BCUT2D eigenvalue weighted by atomic mass is 9.81. The van der Waals surface area contributed by atoms with Crippen LogP contribution < -0.4 is 5.32 Å². The predicted molar refractivity (Wildman–Crippen MR) is 79.2 cm³/mol. The molecular weight excluding hydrogens is 268 g/mol. The van der Waals surface area contributed by atoms with Crippen LogP contribution in [0.3, 0.4) is 0 Å². The van der Waals surface area contributed by atoms with Crippen LogP contribution in [0.1, 0.15) is 52.9 Å². The third-order valence-electron chi connectivity index (χ3n) is 4.88. The Hall–Kier alpha value is -1.39. The lowest BCUT2D eigenvalue weighted by Gasteiger charge is -2.19. The van der Waals surface area contributed by atoms with Crippen molar-refractivity contribution >= 4 is 17.7 Å². The zero-order valence-corrected chi connectivity index (χ0v) is 13.2. The van der Waals surface area contributed by atoms with Crippen LogP contribution in [-0.2, 0) is 14.4 Å². The van der Waals surface area contributed by atoms with Gasteiger partial charge in [0, 0.05) is 19.0 Å². The first-order valence-electron chi connectivity index (χ1n) is 8.06. The van der Waals surface area contributed by atoms with Gasteiger partial charge in [-0.2, -0.15) is 0 Å². The van der Waals surface area contributed by atoms with Crippen LogP contribution in [0.25, 0.3) is 0 Å². The highest BCUT2D eigenvalue weighted by atomic mass is 16.2. The zero-order valence-electron chi connectivity index (χ0n) is 13.2. The largest absolute Gasteiger partial charge is 0.353 e. The van der Waals surface area contributed by atoms with Gasteiger partial charge in [0.1, 0.15) is 0 Å². The fraction of sp³-hybridized carbons (Fsp3) is 0.812. The summed E-state index contributed by atoms with van der Waals surface area (Å²) in [5, 5.41) is 2.91. The van der Waals surface area contributed by atoms with Gasteiger partial charge < -0.3 is 5.32 Å². The molecule has 0 aromatic heterocycles. The highest BCUT2D eigenvalue weighted by Crippen LogP contribution is 2.37. The minimum absolute atomic E-state index is 0.0607. The van der Waals surface area contributed by atoms with Crippen molar-refractivity contribution in [3.8, 4) is 0 Å². The van der Waals surface area contributed by atoms with Crippen molar-refractivity contribution in [3.63, 3.8) is 0 Å². The van der Waals surface area contributed by atoms with E-state index in [0.717, 1.165) is 25.7 Å². The summed E-state index contributed by atoms with van der Waals surface area (Å²) in [4.78, 5) is 37.7. The van der Waals surface area contributed by atoms with Crippen LogP contribution in [0.2, 0.25) is 0 Å². The fourth-order valence-corrected chi connectivity index (χ4v) is 3.16. The molecule has 2 rings (SSSR count). The minimum Gasteiger partial charge on any atom is -0.353 e. The summed E-state index contributed by atoms with van der Waals surface area (Å²) in [6.45, 7) is 6.27. The van der Waals surface area contributed by atoms with Gasteiger partial charge in [-0.3, -0.25) is 19.3 Å². The van der Waals surface area contributed by atoms with E-state index in [4.69, 9.17) is 0 Å². The first kappa shape index (κ1) is 16.0. The second kappa shape index (κ2) is 6.58. The molecule has 1 N–H and O–H groups in total. The van der Waals surface area contributed by atoms with E-state index in [0.29, 0.717) is 5.92 Å². The number of hydrogen-bond acceptors (Lipinski definition) is 3. The van der Waals surface area contributed by atoms with Gasteiger partial charge in [0.2, 0.25) is 17.7 Å². The van der Waals surface area contributed by atoms with Gasteiger partial charge >= 0.3 is 0 Å². The summed E-state index contributed by atoms with van der Waals surface area (Å²) in [7, 11) is 0. The monoisotopic (exact) mass is 294 g/mol. The molecule has 5 nitrogen and oxygen atoms in total. The maximum absolute atomic E-state index is 12.3. The van der Waals surface area contributed by atoms with E-state index in [1.807, 2.05) is 20.8 Å². The molecule has 5 heteroatoms. The van der Waals surface area contributed by atoms with Gasteiger partial charge in [-0.15, -0.1) is 0 Å². The van der Waals surface area contributed by atoms with Crippen LogP contribution >= 0.6 is 0 Å². The van der Waals surface area contributed by atoms with Crippen molar-refractivity contribution in [3.05, 3.63) is 0 Å². The molecule has 118 valence electrons. The fourth-order valence-electron chi connectivity index (χ4n) is 3.16. The Labute approximate surface area is 126 Å². The van der Waals surface area contributed by atoms with E-state index in [9.17, 15) is 14.4 Å². The van der Waals surface area contributed by atoms with Gasteiger partial charge in [-0.05, 0) is 25.7 Å². The van der Waals surface area contributed by atoms with Gasteiger partial charge in [0.15, 0.2) is 0 Å². The molecule has 1 aliphatic heterocycles. The van der Waals surface area contributed by atoms with E-state index in [1.54, 1.807) is 0 Å². The zero-order chi connectivity index (χ0) is 15.6. The van der Waals surface area contributed by atoms with E-state index < -0.39 is 0 Å². The van der Waals surface area contributed by atoms with Crippen LogP contribution in [-0.4, -0.2) is 35.2 Å². The van der Waals surface area contributed by atoms with Crippen LogP contribution in [0.4, 0.5) is 0 Å². The van der Waals surface area contributed by atoms with Crippen molar-refractivity contribution in [2.75, 3.05) is 6.54 Å². The van der Waals surface area contributed by atoms with E-state index in [1.165, 1.54) is 4.90 Å². The number of amides is 3. The highest BCUT2D eigenvalue weighted by Gasteiger charge is 2.47. The van der Waals surface area contributed by atoms with Crippen LogP contribution in [0.5, 0.6) is 0 Å². The summed E-state index contributed by atoms with van der Waals surface area (Å²) >= 11 is 0. The van der Waals surface area contributed by atoms with Crippen LogP contribution in [0.15, 0.2) is 0 Å². The van der Waals surface area contributed by atoms with Crippen LogP contribution in [0, 0.1) is 17.8 Å². The Kier molecular flexibility index (Phi) is 5.01. The van der Waals surface area contributed by atoms with Crippen molar-refractivity contribution < 1.29 is 14.4 Å². The smallest absolute Gasteiger partial charge is 0.233 e. The number of carbonyl (C=O) groups is 3. The summed E-state index contributed by atoms with van der Waals surface area (Å²) in [6, 6.07) is 0.102. The van der Waals surface area contributed by atoms with Gasteiger partial charge in [-0.25, -0.2) is 0 Å². The second-order valence-electron chi connectivity index (χ2n) is 6.68. The van der Waals surface area contributed by atoms with Gasteiger partial charge in [0.05, 0.1) is 11.8 Å². The molecule has 21 heavy (non-hydrogen) atoms.